The van der Waals surface area contributed by atoms with Crippen molar-refractivity contribution in [3.8, 4) is 0 Å². The van der Waals surface area contributed by atoms with Gasteiger partial charge in [-0.1, -0.05) is 29.3 Å². The lowest BCUT2D eigenvalue weighted by Crippen LogP contribution is -1.93. The van der Waals surface area contributed by atoms with Crippen LogP contribution in [-0.2, 0) is 4.57 Å². The molecule has 0 saturated heterocycles. The molecule has 78 valence electrons. The predicted molar refractivity (Wildman–Crippen MR) is 60.2 cm³/mol. The van der Waals surface area contributed by atoms with Gasteiger partial charge in [0.2, 0.25) is 0 Å². The zero-order valence-electron chi connectivity index (χ0n) is 6.76. The number of hydrogen-bond acceptors (Lipinski definition) is 2. The Labute approximate surface area is 96.6 Å². The van der Waals surface area contributed by atoms with Gasteiger partial charge in [0, 0.05) is 10.0 Å². The highest BCUT2D eigenvalue weighted by Crippen LogP contribution is 2.55. The smallest absolute Gasteiger partial charge is 0.323 e. The fourth-order valence-electron chi connectivity index (χ4n) is 0.892. The second-order valence-electron chi connectivity index (χ2n) is 2.63. The van der Waals surface area contributed by atoms with Crippen molar-refractivity contribution in [2.45, 2.75) is 4.99 Å². The van der Waals surface area contributed by atoms with Gasteiger partial charge in [-0.3, -0.25) is 4.57 Å². The molecule has 0 aliphatic rings. The highest BCUT2D eigenvalue weighted by Gasteiger charge is 2.28. The van der Waals surface area contributed by atoms with E-state index in [1.165, 1.54) is 18.2 Å². The van der Waals surface area contributed by atoms with E-state index in [-0.39, 0.29) is 10.6 Å². The first-order chi connectivity index (χ1) is 6.32. The molecule has 1 rings (SSSR count). The van der Waals surface area contributed by atoms with Crippen molar-refractivity contribution >= 4 is 43.4 Å². The monoisotopic (exact) mass is 272 g/mol. The van der Waals surface area contributed by atoms with Crippen LogP contribution in [0.25, 0.3) is 0 Å². The molecule has 0 aliphatic carbocycles. The van der Waals surface area contributed by atoms with Crippen LogP contribution in [0.1, 0.15) is 10.6 Å². The third-order valence-electron chi connectivity index (χ3n) is 1.56. The van der Waals surface area contributed by atoms with E-state index >= 15 is 0 Å². The van der Waals surface area contributed by atoms with E-state index in [9.17, 15) is 4.57 Å². The third-order valence-corrected chi connectivity index (χ3v) is 4.22. The molecule has 0 aromatic heterocycles. The molecular weight excluding hydrogens is 266 g/mol. The molecule has 0 saturated carbocycles. The van der Waals surface area contributed by atoms with Crippen molar-refractivity contribution in [3.63, 3.8) is 0 Å². The lowest BCUT2D eigenvalue weighted by atomic mass is 10.2. The summed E-state index contributed by atoms with van der Waals surface area (Å²) in [5, 5.41) is 0.603. The molecule has 0 fully saturated rings. The van der Waals surface area contributed by atoms with Crippen LogP contribution in [0.15, 0.2) is 18.2 Å². The Balaban J connectivity index is 3.14. The van der Waals surface area contributed by atoms with Crippen molar-refractivity contribution in [1.82, 2.24) is 0 Å². The van der Waals surface area contributed by atoms with E-state index in [2.05, 4.69) is 12.6 Å². The van der Waals surface area contributed by atoms with Gasteiger partial charge in [0.15, 0.2) is 0 Å². The Kier molecular flexibility index (Phi) is 3.92. The van der Waals surface area contributed by atoms with Crippen molar-refractivity contribution in [2.24, 2.45) is 0 Å². The predicted octanol–water partition coefficient (Wildman–Crippen LogP) is 3.10. The van der Waals surface area contributed by atoms with Crippen LogP contribution >= 0.6 is 43.4 Å². The molecule has 14 heavy (non-hydrogen) atoms. The molecule has 0 spiro atoms. The zero-order valence-corrected chi connectivity index (χ0v) is 10.1. The number of rotatable bonds is 2. The number of hydrogen-bond donors (Lipinski definition) is 3. The molecular formula is C7H7Cl2O3PS. The van der Waals surface area contributed by atoms with Gasteiger partial charge in [0.25, 0.3) is 0 Å². The van der Waals surface area contributed by atoms with E-state index in [0.29, 0.717) is 5.02 Å². The molecule has 0 unspecified atom stereocenters. The topological polar surface area (TPSA) is 57.5 Å². The first kappa shape index (κ1) is 12.4. The maximum atomic E-state index is 10.9. The minimum absolute atomic E-state index is 0.195. The van der Waals surface area contributed by atoms with Gasteiger partial charge in [-0.2, -0.15) is 12.6 Å². The summed E-state index contributed by atoms with van der Waals surface area (Å²) in [4.78, 5) is 16.5. The van der Waals surface area contributed by atoms with Gasteiger partial charge in [-0.05, 0) is 17.7 Å². The van der Waals surface area contributed by atoms with E-state index in [4.69, 9.17) is 33.0 Å². The Hall–Kier alpha value is 0.300. The first-order valence-corrected chi connectivity index (χ1v) is 6.46. The minimum atomic E-state index is -4.28. The lowest BCUT2D eigenvalue weighted by molar-refractivity contribution is 0.371. The van der Waals surface area contributed by atoms with Crippen molar-refractivity contribution in [3.05, 3.63) is 33.8 Å². The molecule has 0 radical (unpaired) electrons. The first-order valence-electron chi connectivity index (χ1n) is 3.50. The summed E-state index contributed by atoms with van der Waals surface area (Å²) in [6, 6.07) is 4.36. The maximum absolute atomic E-state index is 10.9. The fourth-order valence-corrected chi connectivity index (χ4v) is 2.37. The molecule has 0 heterocycles. The molecule has 3 nitrogen and oxygen atoms in total. The summed E-state index contributed by atoms with van der Waals surface area (Å²) in [7, 11) is -4.28. The van der Waals surface area contributed by atoms with E-state index < -0.39 is 12.6 Å². The summed E-state index contributed by atoms with van der Waals surface area (Å²) in [5.74, 6) is 0. The average Bonchev–Trinajstić information content (AvgIpc) is 2.01. The standard InChI is InChI=1S/C7H7Cl2O3PS/c8-4-1-2-5(6(9)3-4)7(14)13(10,11)12/h1-3,7,14H,(H2,10,11,12)/t7-/m1/s1. The molecule has 2 N–H and O–H groups in total. The third kappa shape index (κ3) is 2.89. The van der Waals surface area contributed by atoms with Gasteiger partial charge < -0.3 is 9.79 Å². The Bertz CT molecular complexity index is 393. The van der Waals surface area contributed by atoms with Crippen molar-refractivity contribution < 1.29 is 14.4 Å². The Morgan fingerprint density at radius 2 is 1.93 bits per heavy atom. The van der Waals surface area contributed by atoms with E-state index in [1.54, 1.807) is 0 Å². The van der Waals surface area contributed by atoms with Gasteiger partial charge in [-0.25, -0.2) is 0 Å². The van der Waals surface area contributed by atoms with E-state index in [1.807, 2.05) is 0 Å². The van der Waals surface area contributed by atoms with Gasteiger partial charge in [0.1, 0.15) is 4.99 Å². The highest BCUT2D eigenvalue weighted by molar-refractivity contribution is 7.89. The molecule has 1 aromatic rings. The molecule has 0 amide bonds. The zero-order chi connectivity index (χ0) is 10.9. The highest BCUT2D eigenvalue weighted by atomic mass is 35.5. The van der Waals surface area contributed by atoms with Crippen molar-refractivity contribution in [2.75, 3.05) is 0 Å². The minimum Gasteiger partial charge on any atom is -0.323 e. The van der Waals surface area contributed by atoms with Gasteiger partial charge >= 0.3 is 7.60 Å². The average molecular weight is 273 g/mol. The van der Waals surface area contributed by atoms with Crippen LogP contribution in [0, 0.1) is 0 Å². The molecule has 0 aliphatic heterocycles. The normalized spacial score (nSPS) is 14.1. The molecule has 1 atom stereocenters. The largest absolute Gasteiger partial charge is 0.342 e. The maximum Gasteiger partial charge on any atom is 0.342 e. The summed E-state index contributed by atoms with van der Waals surface area (Å²) in [6.07, 6.45) is 0. The van der Waals surface area contributed by atoms with Crippen LogP contribution in [0.4, 0.5) is 0 Å². The quantitative estimate of drug-likeness (QED) is 0.573. The SMILES string of the molecule is O=P(O)(O)[C@H](S)c1ccc(Cl)cc1Cl. The number of benzene rings is 1. The number of thiol groups is 1. The lowest BCUT2D eigenvalue weighted by Gasteiger charge is -2.14. The van der Waals surface area contributed by atoms with E-state index in [0.717, 1.165) is 0 Å². The molecule has 0 bridgehead atoms. The van der Waals surface area contributed by atoms with Gasteiger partial charge in [-0.15, -0.1) is 0 Å². The Morgan fingerprint density at radius 3 is 2.36 bits per heavy atom. The summed E-state index contributed by atoms with van der Waals surface area (Å²) in [6.45, 7) is 0. The summed E-state index contributed by atoms with van der Waals surface area (Å²) in [5.41, 5.74) is 0.271. The van der Waals surface area contributed by atoms with Crippen LogP contribution in [0.2, 0.25) is 10.0 Å². The van der Waals surface area contributed by atoms with Crippen LogP contribution in [0.3, 0.4) is 0 Å². The summed E-state index contributed by atoms with van der Waals surface area (Å²) < 4.78 is 10.9. The number of halogens is 2. The van der Waals surface area contributed by atoms with Crippen LogP contribution in [0.5, 0.6) is 0 Å². The van der Waals surface area contributed by atoms with Gasteiger partial charge in [0.05, 0.1) is 0 Å². The molecule has 1 aromatic carbocycles. The second kappa shape index (κ2) is 4.44. The molecule has 7 heteroatoms. The van der Waals surface area contributed by atoms with Crippen LogP contribution in [-0.4, -0.2) is 9.79 Å². The Morgan fingerprint density at radius 1 is 1.36 bits per heavy atom. The second-order valence-corrected chi connectivity index (χ2v) is 6.09. The fraction of sp³-hybridized carbons (Fsp3) is 0.143. The summed E-state index contributed by atoms with van der Waals surface area (Å²) >= 11 is 15.2. The van der Waals surface area contributed by atoms with Crippen molar-refractivity contribution in [1.29, 1.82) is 0 Å². The van der Waals surface area contributed by atoms with Crippen LogP contribution < -0.4 is 0 Å².